The van der Waals surface area contributed by atoms with Crippen molar-refractivity contribution in [3.63, 3.8) is 0 Å². The van der Waals surface area contributed by atoms with Gasteiger partial charge in [-0.05, 0) is 32.1 Å². The van der Waals surface area contributed by atoms with Gasteiger partial charge in [0.05, 0.1) is 32.0 Å². The molecule has 2 heterocycles. The van der Waals surface area contributed by atoms with Gasteiger partial charge in [-0.3, -0.25) is 4.79 Å². The van der Waals surface area contributed by atoms with Crippen LogP contribution < -0.4 is 5.32 Å². The van der Waals surface area contributed by atoms with E-state index in [1.54, 1.807) is 6.08 Å². The number of ether oxygens (including phenoxy) is 4. The second kappa shape index (κ2) is 50.0. The van der Waals surface area contributed by atoms with Crippen LogP contribution in [-0.2, 0) is 23.7 Å². The average Bonchev–Trinajstić information content (AvgIpc) is 3.44. The Labute approximate surface area is 475 Å². The summed E-state index contributed by atoms with van der Waals surface area (Å²) >= 11 is 0. The van der Waals surface area contributed by atoms with Crippen molar-refractivity contribution in [1.82, 2.24) is 5.32 Å². The van der Waals surface area contributed by atoms with Gasteiger partial charge >= 0.3 is 0 Å². The van der Waals surface area contributed by atoms with Gasteiger partial charge in [0, 0.05) is 6.42 Å². The Balaban J connectivity index is 1.74. The normalized spacial score (nSPS) is 24.6. The molecule has 2 saturated heterocycles. The minimum atomic E-state index is -1.79. The summed E-state index contributed by atoms with van der Waals surface area (Å²) < 4.78 is 22.8. The highest BCUT2D eigenvalue weighted by Crippen LogP contribution is 2.30. The molecule has 2 aliphatic rings. The number of unbranched alkanes of at least 4 members (excludes halogenated alkanes) is 38. The smallest absolute Gasteiger partial charge is 0.220 e. The Kier molecular flexibility index (Phi) is 46.5. The van der Waals surface area contributed by atoms with Gasteiger partial charge in [-0.15, -0.1) is 0 Å². The summed E-state index contributed by atoms with van der Waals surface area (Å²) in [4.78, 5) is 13.3. The van der Waals surface area contributed by atoms with Crippen LogP contribution in [0.5, 0.6) is 0 Å². The first-order chi connectivity index (χ1) is 38.1. The largest absolute Gasteiger partial charge is 0.394 e. The molecule has 2 aliphatic heterocycles. The summed E-state index contributed by atoms with van der Waals surface area (Å²) in [7, 11) is 0. The molecule has 0 bridgehead atoms. The van der Waals surface area contributed by atoms with Gasteiger partial charge in [0.15, 0.2) is 12.6 Å². The van der Waals surface area contributed by atoms with E-state index < -0.39 is 86.8 Å². The Morgan fingerprint density at radius 2 is 0.821 bits per heavy atom. The lowest BCUT2D eigenvalue weighted by molar-refractivity contribution is -0.359. The number of hydrogen-bond acceptors (Lipinski definition) is 13. The predicted molar refractivity (Wildman–Crippen MR) is 314 cm³/mol. The molecule has 0 aromatic rings. The van der Waals surface area contributed by atoms with Gasteiger partial charge in [-0.2, -0.15) is 0 Å². The van der Waals surface area contributed by atoms with Crippen LogP contribution in [0.1, 0.15) is 284 Å². The summed E-state index contributed by atoms with van der Waals surface area (Å²) in [5.41, 5.74) is 0. The Bertz CT molecular complexity index is 1400. The number of carbonyl (C=O) groups is 1. The third-order valence-corrected chi connectivity index (χ3v) is 16.1. The van der Waals surface area contributed by atoms with Crippen molar-refractivity contribution < 1.29 is 64.6 Å². The van der Waals surface area contributed by atoms with E-state index in [0.717, 1.165) is 32.1 Å². The first-order valence-corrected chi connectivity index (χ1v) is 32.6. The van der Waals surface area contributed by atoms with E-state index in [9.17, 15) is 45.6 Å². The summed E-state index contributed by atoms with van der Waals surface area (Å²) in [6.07, 6.45) is 43.7. The third kappa shape index (κ3) is 34.8. The molecule has 14 heteroatoms. The zero-order valence-corrected chi connectivity index (χ0v) is 49.7. The van der Waals surface area contributed by atoms with Crippen molar-refractivity contribution >= 4 is 5.91 Å². The van der Waals surface area contributed by atoms with Crippen LogP contribution in [0, 0.1) is 0 Å². The molecule has 12 atom stereocenters. The number of nitrogens with one attached hydrogen (secondary N) is 1. The van der Waals surface area contributed by atoms with Gasteiger partial charge in [0.25, 0.3) is 0 Å². The van der Waals surface area contributed by atoms with Crippen molar-refractivity contribution in [3.05, 3.63) is 24.3 Å². The quantitative estimate of drug-likeness (QED) is 0.0204. The van der Waals surface area contributed by atoms with E-state index in [2.05, 4.69) is 31.3 Å². The molecule has 0 spiro atoms. The second-order valence-electron chi connectivity index (χ2n) is 23.2. The van der Waals surface area contributed by atoms with E-state index in [1.165, 1.54) is 218 Å². The van der Waals surface area contributed by atoms with Crippen LogP contribution >= 0.6 is 0 Å². The molecule has 0 saturated carbocycles. The third-order valence-electron chi connectivity index (χ3n) is 16.1. The van der Waals surface area contributed by atoms with E-state index in [-0.39, 0.29) is 18.9 Å². The van der Waals surface area contributed by atoms with E-state index in [0.29, 0.717) is 12.8 Å². The maximum atomic E-state index is 13.3. The lowest BCUT2D eigenvalue weighted by Crippen LogP contribution is -2.65. The molecule has 14 nitrogen and oxygen atoms in total. The van der Waals surface area contributed by atoms with E-state index in [4.69, 9.17) is 18.9 Å². The second-order valence-corrected chi connectivity index (χ2v) is 23.2. The highest BCUT2D eigenvalue weighted by atomic mass is 16.7. The molecule has 0 aromatic heterocycles. The Morgan fingerprint density at radius 1 is 0.449 bits per heavy atom. The van der Waals surface area contributed by atoms with E-state index >= 15 is 0 Å². The van der Waals surface area contributed by atoms with Crippen LogP contribution in [-0.4, -0.2) is 140 Å². The number of amides is 1. The molecule has 2 fully saturated rings. The minimum Gasteiger partial charge on any atom is -0.394 e. The molecule has 1 amide bonds. The summed E-state index contributed by atoms with van der Waals surface area (Å²) in [5.74, 6) is -0.243. The fraction of sp³-hybridized carbons (Fsp3) is 0.922. The number of rotatable bonds is 53. The molecular formula is C64H121NO13. The fourth-order valence-electron chi connectivity index (χ4n) is 10.9. The van der Waals surface area contributed by atoms with Crippen molar-refractivity contribution in [3.8, 4) is 0 Å². The number of aliphatic hydroxyl groups is 8. The maximum Gasteiger partial charge on any atom is 0.220 e. The molecule has 0 aromatic carbocycles. The molecule has 12 unspecified atom stereocenters. The minimum absolute atomic E-state index is 0.243. The van der Waals surface area contributed by atoms with Crippen LogP contribution in [0.4, 0.5) is 0 Å². The Hall–Kier alpha value is -1.53. The average molecular weight is 1110 g/mol. The fourth-order valence-corrected chi connectivity index (χ4v) is 10.9. The van der Waals surface area contributed by atoms with E-state index in [1.807, 2.05) is 6.08 Å². The van der Waals surface area contributed by atoms with Crippen LogP contribution in [0.3, 0.4) is 0 Å². The number of aliphatic hydroxyl groups excluding tert-OH is 8. The number of hydrogen-bond donors (Lipinski definition) is 9. The van der Waals surface area contributed by atoms with Crippen molar-refractivity contribution in [2.45, 2.75) is 357 Å². The number of carbonyl (C=O) groups excluding carboxylic acids is 1. The van der Waals surface area contributed by atoms with Crippen molar-refractivity contribution in [1.29, 1.82) is 0 Å². The molecular weight excluding hydrogens is 991 g/mol. The molecule has 78 heavy (non-hydrogen) atoms. The van der Waals surface area contributed by atoms with Gasteiger partial charge in [-0.25, -0.2) is 0 Å². The SMILES string of the molecule is CCCCCCCCCCCCCCCCCCCCC/C=C/CC/C=C/C(O)C(COC1OC(CO)C(OC2OC(CO)C(O)C(O)C2O)C(O)C1O)NC(=O)CCCCCCCCCCCCCCCCCCCCC. The maximum absolute atomic E-state index is 13.3. The topological polar surface area (TPSA) is 228 Å². The van der Waals surface area contributed by atoms with Gasteiger partial charge in [-0.1, -0.05) is 269 Å². The highest BCUT2D eigenvalue weighted by molar-refractivity contribution is 5.76. The van der Waals surface area contributed by atoms with Crippen molar-refractivity contribution in [2.75, 3.05) is 19.8 Å². The van der Waals surface area contributed by atoms with Gasteiger partial charge < -0.3 is 65.1 Å². The highest BCUT2D eigenvalue weighted by Gasteiger charge is 2.51. The van der Waals surface area contributed by atoms with Gasteiger partial charge in [0.2, 0.25) is 5.91 Å². The molecule has 0 aliphatic carbocycles. The molecule has 2 rings (SSSR count). The summed E-state index contributed by atoms with van der Waals surface area (Å²) in [6.45, 7) is 2.82. The first kappa shape index (κ1) is 72.6. The lowest BCUT2D eigenvalue weighted by Gasteiger charge is -2.46. The van der Waals surface area contributed by atoms with Crippen LogP contribution in [0.15, 0.2) is 24.3 Å². The predicted octanol–water partition coefficient (Wildman–Crippen LogP) is 12.0. The lowest BCUT2D eigenvalue weighted by atomic mass is 9.97. The zero-order chi connectivity index (χ0) is 56.7. The van der Waals surface area contributed by atoms with Gasteiger partial charge in [0.1, 0.15) is 48.8 Å². The van der Waals surface area contributed by atoms with Crippen LogP contribution in [0.25, 0.3) is 0 Å². The summed E-state index contributed by atoms with van der Waals surface area (Å²) in [5, 5.41) is 87.2. The zero-order valence-electron chi connectivity index (χ0n) is 49.7. The van der Waals surface area contributed by atoms with Crippen molar-refractivity contribution in [2.24, 2.45) is 0 Å². The molecule has 9 N–H and O–H groups in total. The summed E-state index contributed by atoms with van der Waals surface area (Å²) in [6, 6.07) is -0.928. The standard InChI is InChI=1S/C64H121NO13/c1-3-5-7-9-11-13-15-17-19-21-23-24-25-26-27-28-30-31-33-35-37-39-41-43-45-47-53(68)52(65-56(69)48-46-44-42-40-38-36-34-32-29-22-20-18-16-14-12-10-8-6-4-2)51-75-63-61(74)59(72)62(55(50-67)77-63)78-64-60(73)58(71)57(70)54(49-66)76-64/h37,39,45,47,52-55,57-64,66-68,70-74H,3-36,38,40-44,46,48-51H2,1-2H3,(H,65,69)/b39-37+,47-45+. The molecule has 0 radical (unpaired) electrons. The molecule has 460 valence electrons. The Morgan fingerprint density at radius 3 is 1.26 bits per heavy atom. The number of allylic oxidation sites excluding steroid dienone is 3. The monoisotopic (exact) mass is 1110 g/mol. The van der Waals surface area contributed by atoms with Crippen LogP contribution in [0.2, 0.25) is 0 Å². The first-order valence-electron chi connectivity index (χ1n) is 32.6.